The fourth-order valence-electron chi connectivity index (χ4n) is 2.22. The van der Waals surface area contributed by atoms with Gasteiger partial charge in [-0.15, -0.1) is 0 Å². The molecule has 0 bridgehead atoms. The Morgan fingerprint density at radius 1 is 1.39 bits per heavy atom. The van der Waals surface area contributed by atoms with E-state index >= 15 is 0 Å². The van der Waals surface area contributed by atoms with Crippen molar-refractivity contribution in [2.45, 2.75) is 19.9 Å². The Morgan fingerprint density at radius 2 is 2.06 bits per heavy atom. The second-order valence-electron chi connectivity index (χ2n) is 5.90. The van der Waals surface area contributed by atoms with Crippen LogP contribution in [0.1, 0.15) is 13.8 Å². The standard InChI is InChI=1S/C13H27N3O2/c1-13(2,12(17)18-5)10-14-8-11-9-15(3)6-7-16(11)4/h11,14H,6-10H2,1-5H3. The Hall–Kier alpha value is -0.650. The first kappa shape index (κ1) is 15.4. The normalized spacial score (nSPS) is 23.1. The highest BCUT2D eigenvalue weighted by molar-refractivity contribution is 5.76. The third kappa shape index (κ3) is 4.23. The molecule has 1 rings (SSSR count). The zero-order chi connectivity index (χ0) is 13.8. The average Bonchev–Trinajstić information content (AvgIpc) is 2.32. The molecule has 18 heavy (non-hydrogen) atoms. The molecule has 1 N–H and O–H groups in total. The minimum absolute atomic E-state index is 0.163. The Kier molecular flexibility index (Phi) is 5.56. The molecule has 1 saturated heterocycles. The smallest absolute Gasteiger partial charge is 0.312 e. The van der Waals surface area contributed by atoms with E-state index in [0.29, 0.717) is 12.6 Å². The van der Waals surface area contributed by atoms with Gasteiger partial charge in [0.2, 0.25) is 0 Å². The van der Waals surface area contributed by atoms with Gasteiger partial charge in [0.15, 0.2) is 0 Å². The summed E-state index contributed by atoms with van der Waals surface area (Å²) in [6.45, 7) is 8.66. The van der Waals surface area contributed by atoms with E-state index in [1.807, 2.05) is 13.8 Å². The van der Waals surface area contributed by atoms with Crippen LogP contribution in [0.25, 0.3) is 0 Å². The van der Waals surface area contributed by atoms with Crippen molar-refractivity contribution >= 4 is 5.97 Å². The largest absolute Gasteiger partial charge is 0.469 e. The van der Waals surface area contributed by atoms with Gasteiger partial charge in [0.05, 0.1) is 12.5 Å². The first-order chi connectivity index (χ1) is 8.36. The number of hydrogen-bond donors (Lipinski definition) is 1. The number of nitrogens with one attached hydrogen (secondary N) is 1. The van der Waals surface area contributed by atoms with Crippen molar-refractivity contribution < 1.29 is 9.53 Å². The molecule has 0 radical (unpaired) electrons. The van der Waals surface area contributed by atoms with Crippen LogP contribution in [0.5, 0.6) is 0 Å². The number of carbonyl (C=O) groups is 1. The van der Waals surface area contributed by atoms with Crippen LogP contribution < -0.4 is 5.32 Å². The van der Waals surface area contributed by atoms with Gasteiger partial charge >= 0.3 is 5.97 Å². The predicted molar refractivity (Wildman–Crippen MR) is 72.6 cm³/mol. The van der Waals surface area contributed by atoms with E-state index < -0.39 is 5.41 Å². The van der Waals surface area contributed by atoms with Gasteiger partial charge in [-0.3, -0.25) is 9.69 Å². The molecule has 1 atom stereocenters. The Morgan fingerprint density at radius 3 is 2.67 bits per heavy atom. The zero-order valence-corrected chi connectivity index (χ0v) is 12.3. The van der Waals surface area contributed by atoms with Crippen molar-refractivity contribution in [3.05, 3.63) is 0 Å². The van der Waals surface area contributed by atoms with Gasteiger partial charge in [-0.1, -0.05) is 0 Å². The van der Waals surface area contributed by atoms with Crippen molar-refractivity contribution in [1.29, 1.82) is 0 Å². The first-order valence-corrected chi connectivity index (χ1v) is 6.54. The minimum Gasteiger partial charge on any atom is -0.469 e. The summed E-state index contributed by atoms with van der Waals surface area (Å²) in [6.07, 6.45) is 0. The highest BCUT2D eigenvalue weighted by Gasteiger charge is 2.29. The molecular formula is C13H27N3O2. The molecule has 0 aromatic rings. The number of rotatable bonds is 5. The highest BCUT2D eigenvalue weighted by Crippen LogP contribution is 2.15. The van der Waals surface area contributed by atoms with Crippen LogP contribution in [-0.2, 0) is 9.53 Å². The quantitative estimate of drug-likeness (QED) is 0.704. The monoisotopic (exact) mass is 257 g/mol. The van der Waals surface area contributed by atoms with Gasteiger partial charge < -0.3 is 15.0 Å². The average molecular weight is 257 g/mol. The van der Waals surface area contributed by atoms with Crippen molar-refractivity contribution in [3.63, 3.8) is 0 Å². The molecule has 1 heterocycles. The van der Waals surface area contributed by atoms with Gasteiger partial charge in [0, 0.05) is 38.8 Å². The summed E-state index contributed by atoms with van der Waals surface area (Å²) in [6, 6.07) is 0.511. The molecule has 0 aromatic heterocycles. The predicted octanol–water partition coefficient (Wildman–Crippen LogP) is 0.0210. The van der Waals surface area contributed by atoms with Crippen LogP contribution in [-0.4, -0.2) is 75.7 Å². The lowest BCUT2D eigenvalue weighted by atomic mass is 9.93. The molecule has 1 fully saturated rings. The van der Waals surface area contributed by atoms with Crippen LogP contribution >= 0.6 is 0 Å². The molecule has 0 amide bonds. The fraction of sp³-hybridized carbons (Fsp3) is 0.923. The second-order valence-corrected chi connectivity index (χ2v) is 5.90. The molecule has 1 aliphatic heterocycles. The molecule has 1 unspecified atom stereocenters. The topological polar surface area (TPSA) is 44.8 Å². The molecule has 0 aromatic carbocycles. The van der Waals surface area contributed by atoms with Crippen LogP contribution in [0.15, 0.2) is 0 Å². The van der Waals surface area contributed by atoms with Gasteiger partial charge in [-0.2, -0.15) is 0 Å². The maximum absolute atomic E-state index is 11.6. The third-order valence-corrected chi connectivity index (χ3v) is 3.67. The number of piperazine rings is 1. The van der Waals surface area contributed by atoms with Crippen LogP contribution in [0.3, 0.4) is 0 Å². The number of ether oxygens (including phenoxy) is 1. The molecule has 1 aliphatic rings. The maximum atomic E-state index is 11.6. The lowest BCUT2D eigenvalue weighted by Crippen LogP contribution is -2.54. The van der Waals surface area contributed by atoms with E-state index in [9.17, 15) is 4.79 Å². The second kappa shape index (κ2) is 6.50. The molecule has 5 heteroatoms. The Balaban J connectivity index is 2.34. The van der Waals surface area contributed by atoms with E-state index in [1.54, 1.807) is 0 Å². The maximum Gasteiger partial charge on any atom is 0.312 e. The van der Waals surface area contributed by atoms with Crippen molar-refractivity contribution in [1.82, 2.24) is 15.1 Å². The molecular weight excluding hydrogens is 230 g/mol. The highest BCUT2D eigenvalue weighted by atomic mass is 16.5. The summed E-state index contributed by atoms with van der Waals surface area (Å²) in [7, 11) is 5.75. The van der Waals surface area contributed by atoms with E-state index in [4.69, 9.17) is 4.74 Å². The molecule has 0 aliphatic carbocycles. The van der Waals surface area contributed by atoms with Gasteiger partial charge in [0.1, 0.15) is 0 Å². The number of carbonyl (C=O) groups excluding carboxylic acids is 1. The SMILES string of the molecule is COC(=O)C(C)(C)CNCC1CN(C)CCN1C. The molecule has 5 nitrogen and oxygen atoms in total. The summed E-state index contributed by atoms with van der Waals surface area (Å²) in [4.78, 5) is 16.3. The molecule has 0 spiro atoms. The summed E-state index contributed by atoms with van der Waals surface area (Å²) >= 11 is 0. The Labute approximate surface area is 110 Å². The van der Waals surface area contributed by atoms with Crippen LogP contribution in [0.4, 0.5) is 0 Å². The van der Waals surface area contributed by atoms with Crippen LogP contribution in [0, 0.1) is 5.41 Å². The zero-order valence-electron chi connectivity index (χ0n) is 12.3. The summed E-state index contributed by atoms with van der Waals surface area (Å²) < 4.78 is 4.80. The summed E-state index contributed by atoms with van der Waals surface area (Å²) in [5, 5.41) is 3.39. The lowest BCUT2D eigenvalue weighted by molar-refractivity contribution is -0.150. The van der Waals surface area contributed by atoms with Gasteiger partial charge in [-0.25, -0.2) is 0 Å². The minimum atomic E-state index is -0.464. The van der Waals surface area contributed by atoms with Crippen LogP contribution in [0.2, 0.25) is 0 Å². The van der Waals surface area contributed by atoms with Crippen molar-refractivity contribution in [2.75, 3.05) is 53.9 Å². The fourth-order valence-corrected chi connectivity index (χ4v) is 2.22. The third-order valence-electron chi connectivity index (χ3n) is 3.67. The number of hydrogen-bond acceptors (Lipinski definition) is 5. The number of esters is 1. The summed E-state index contributed by atoms with van der Waals surface area (Å²) in [5.74, 6) is -0.163. The van der Waals surface area contributed by atoms with Crippen molar-refractivity contribution in [3.8, 4) is 0 Å². The van der Waals surface area contributed by atoms with Gasteiger partial charge in [-0.05, 0) is 27.9 Å². The lowest BCUT2D eigenvalue weighted by Gasteiger charge is -2.38. The van der Waals surface area contributed by atoms with E-state index in [2.05, 4.69) is 29.2 Å². The Bertz CT molecular complexity index is 281. The number of nitrogens with zero attached hydrogens (tertiary/aromatic N) is 2. The first-order valence-electron chi connectivity index (χ1n) is 6.54. The van der Waals surface area contributed by atoms with Crippen molar-refractivity contribution in [2.24, 2.45) is 5.41 Å². The van der Waals surface area contributed by atoms with E-state index in [0.717, 1.165) is 26.2 Å². The van der Waals surface area contributed by atoms with Gasteiger partial charge in [0.25, 0.3) is 0 Å². The molecule has 0 saturated carbocycles. The number of likely N-dealkylation sites (N-methyl/N-ethyl adjacent to an activating group) is 2. The molecule has 106 valence electrons. The van der Waals surface area contributed by atoms with E-state index in [-0.39, 0.29) is 5.97 Å². The summed E-state index contributed by atoms with van der Waals surface area (Å²) in [5.41, 5.74) is -0.464. The number of methoxy groups -OCH3 is 1. The van der Waals surface area contributed by atoms with E-state index in [1.165, 1.54) is 7.11 Å².